The molecule has 0 aliphatic heterocycles. The van der Waals surface area contributed by atoms with Crippen LogP contribution in [0.15, 0.2) is 146 Å². The third-order valence-electron chi connectivity index (χ3n) is 16.0. The molecular weight excluding hydrogens is 947 g/mol. The van der Waals surface area contributed by atoms with E-state index in [0.29, 0.717) is 11.1 Å². The molecule has 2 aliphatic rings. The maximum Gasteiger partial charge on any atom is 0.333 e. The van der Waals surface area contributed by atoms with Crippen molar-refractivity contribution < 1.29 is 19.1 Å². The Kier molecular flexibility index (Phi) is 16.2. The number of hydrogen-bond acceptors (Lipinski definition) is 7. The van der Waals surface area contributed by atoms with Gasteiger partial charge in [0.15, 0.2) is 0 Å². The van der Waals surface area contributed by atoms with Crippen molar-refractivity contribution in [3.63, 3.8) is 0 Å². The highest BCUT2D eigenvalue weighted by atomic mass is 16.5. The van der Waals surface area contributed by atoms with Crippen LogP contribution in [0.25, 0.3) is 10.8 Å². The van der Waals surface area contributed by atoms with Crippen LogP contribution in [-0.4, -0.2) is 36.2 Å². The largest absolute Gasteiger partial charge is 0.457 e. The molecule has 7 nitrogen and oxygen atoms in total. The Bertz CT molecular complexity index is 3150. The fourth-order valence-electron chi connectivity index (χ4n) is 12.8. The first-order valence-electron chi connectivity index (χ1n) is 27.8. The van der Waals surface area contributed by atoms with E-state index in [1.54, 1.807) is 13.8 Å². The van der Waals surface area contributed by atoms with E-state index < -0.39 is 0 Å². The summed E-state index contributed by atoms with van der Waals surface area (Å²) in [4.78, 5) is 31.4. The second-order valence-electron chi connectivity index (χ2n) is 22.5. The Hall–Kier alpha value is -7.51. The number of rotatable bonds is 15. The monoisotopic (exact) mass is 1020 g/mol. The lowest BCUT2D eigenvalue weighted by Gasteiger charge is -2.42. The van der Waals surface area contributed by atoms with Crippen LogP contribution in [0.3, 0.4) is 0 Å². The summed E-state index contributed by atoms with van der Waals surface area (Å²) < 4.78 is 12.6. The van der Waals surface area contributed by atoms with Gasteiger partial charge in [-0.05, 0) is 221 Å². The number of hydrogen-bond donors (Lipinski definition) is 1. The summed E-state index contributed by atoms with van der Waals surface area (Å²) in [5, 5.41) is 6.13. The zero-order valence-electron chi connectivity index (χ0n) is 47.5. The highest BCUT2D eigenvalue weighted by Gasteiger charge is 2.38. The SMILES string of the molecule is C=C(C)C(=O)OC1CCCCC1N(c1ccc([C+](c2ccc(N(c3c(C)cc(C)cc3C)C3CCCCC3OC(=O)C(=C)C)cc2)c2ccc(Nc3c(C)cc(C)cc3C)c3ccccc23)cc1)c1c(C)cc(C)cc1C. The van der Waals surface area contributed by atoms with Crippen LogP contribution in [0, 0.1) is 68.2 Å². The lowest BCUT2D eigenvalue weighted by molar-refractivity contribution is -0.147. The van der Waals surface area contributed by atoms with Crippen molar-refractivity contribution in [3.8, 4) is 0 Å². The summed E-state index contributed by atoms with van der Waals surface area (Å²) in [6, 6.07) is 44.7. The maximum absolute atomic E-state index is 13.2. The Morgan fingerprint density at radius 2 is 0.870 bits per heavy atom. The molecule has 2 fully saturated rings. The molecule has 7 aromatic carbocycles. The number of nitrogens with one attached hydrogen (secondary N) is 1. The molecule has 7 aromatic rings. The molecule has 396 valence electrons. The van der Waals surface area contributed by atoms with E-state index >= 15 is 0 Å². The molecule has 0 radical (unpaired) electrons. The predicted molar refractivity (Wildman–Crippen MR) is 321 cm³/mol. The number of benzene rings is 7. The molecule has 2 saturated carbocycles. The van der Waals surface area contributed by atoms with Gasteiger partial charge in [-0.1, -0.05) is 91.2 Å². The number of fused-ring (bicyclic) bond motifs is 1. The zero-order valence-corrected chi connectivity index (χ0v) is 47.5. The van der Waals surface area contributed by atoms with Gasteiger partial charge in [-0.3, -0.25) is 0 Å². The third kappa shape index (κ3) is 11.5. The minimum atomic E-state index is -0.339. The zero-order chi connectivity index (χ0) is 54.8. The number of ether oxygens (including phenoxy) is 2. The molecule has 0 bridgehead atoms. The minimum Gasteiger partial charge on any atom is -0.457 e. The highest BCUT2D eigenvalue weighted by Crippen LogP contribution is 2.45. The van der Waals surface area contributed by atoms with E-state index in [2.05, 4.69) is 212 Å². The average molecular weight is 1030 g/mol. The number of carbonyl (C=O) groups is 2. The quantitative estimate of drug-likeness (QED) is 0.0475. The number of esters is 2. The van der Waals surface area contributed by atoms with Crippen LogP contribution in [0.4, 0.5) is 34.1 Å². The molecule has 4 unspecified atom stereocenters. The molecule has 1 N–H and O–H groups in total. The van der Waals surface area contributed by atoms with Gasteiger partial charge in [-0.2, -0.15) is 0 Å². The first-order chi connectivity index (χ1) is 36.9. The first kappa shape index (κ1) is 54.3. The Morgan fingerprint density at radius 3 is 1.27 bits per heavy atom. The van der Waals surface area contributed by atoms with Crippen molar-refractivity contribution >= 4 is 56.8 Å². The predicted octanol–water partition coefficient (Wildman–Crippen LogP) is 17.5. The molecule has 7 heteroatoms. The molecule has 0 saturated heterocycles. The van der Waals surface area contributed by atoms with Crippen LogP contribution in [-0.2, 0) is 19.1 Å². The highest BCUT2D eigenvalue weighted by molar-refractivity contribution is 6.00. The van der Waals surface area contributed by atoms with Gasteiger partial charge in [0.05, 0.1) is 51.8 Å². The second kappa shape index (κ2) is 23.0. The Labute approximate surface area is 459 Å². The van der Waals surface area contributed by atoms with E-state index in [1.807, 2.05) is 0 Å². The fraction of sp³-hybridized carbons (Fsp3) is 0.329. The molecule has 0 amide bonds. The van der Waals surface area contributed by atoms with E-state index in [1.165, 1.54) is 50.1 Å². The molecule has 0 spiro atoms. The van der Waals surface area contributed by atoms with Gasteiger partial charge in [0.25, 0.3) is 0 Å². The smallest absolute Gasteiger partial charge is 0.333 e. The van der Waals surface area contributed by atoms with Gasteiger partial charge in [0, 0.05) is 39.0 Å². The second-order valence-corrected chi connectivity index (χ2v) is 22.5. The standard InChI is InChI=1S/C70H78N3O4/c1-42(2)69(74)76-63-24-18-16-22-61(63)72(67-49(10)38-45(6)39-50(67)11)55-30-26-53(27-31-55)65(59-34-35-60(58-21-15-14-20-57(58)59)71-66-47(8)36-44(5)37-48(66)9)54-28-32-56(33-29-54)73(68-51(12)40-46(7)41-52(68)13)62-23-17-19-25-64(62)77-70(75)43(3)4/h14-15,20-21,26-41,61-64,71H,1,3,16-19,22-25H2,2,4-13H3/q+1. The van der Waals surface area contributed by atoms with E-state index in [0.717, 1.165) is 119 Å². The van der Waals surface area contributed by atoms with Gasteiger partial charge in [0.2, 0.25) is 0 Å². The van der Waals surface area contributed by atoms with Crippen molar-refractivity contribution in [2.24, 2.45) is 0 Å². The van der Waals surface area contributed by atoms with Crippen LogP contribution in [0.1, 0.15) is 132 Å². The number of nitrogens with zero attached hydrogens (tertiary/aromatic N) is 2. The number of carbonyl (C=O) groups excluding carboxylic acids is 2. The molecule has 2 aliphatic carbocycles. The van der Waals surface area contributed by atoms with Gasteiger partial charge in [0.1, 0.15) is 12.2 Å². The normalized spacial score (nSPS) is 17.3. The van der Waals surface area contributed by atoms with Crippen LogP contribution >= 0.6 is 0 Å². The summed E-state index contributed by atoms with van der Waals surface area (Å²) >= 11 is 0. The summed E-state index contributed by atoms with van der Waals surface area (Å²) in [6.07, 6.45) is 6.84. The van der Waals surface area contributed by atoms with Crippen molar-refractivity contribution in [2.45, 2.75) is 152 Å². The van der Waals surface area contributed by atoms with Crippen molar-refractivity contribution in [1.82, 2.24) is 0 Å². The van der Waals surface area contributed by atoms with Crippen molar-refractivity contribution in [1.29, 1.82) is 0 Å². The molecule has 4 atom stereocenters. The van der Waals surface area contributed by atoms with E-state index in [4.69, 9.17) is 9.47 Å². The number of aryl methyl sites for hydroxylation is 9. The van der Waals surface area contributed by atoms with Crippen LogP contribution in [0.5, 0.6) is 0 Å². The summed E-state index contributed by atoms with van der Waals surface area (Å²) in [5.41, 5.74) is 21.5. The minimum absolute atomic E-state index is 0.0735. The van der Waals surface area contributed by atoms with E-state index in [9.17, 15) is 9.59 Å². The Morgan fingerprint density at radius 1 is 0.494 bits per heavy atom. The molecule has 0 aromatic heterocycles. The Balaban J connectivity index is 1.20. The van der Waals surface area contributed by atoms with Gasteiger partial charge < -0.3 is 24.6 Å². The van der Waals surface area contributed by atoms with Gasteiger partial charge >= 0.3 is 11.9 Å². The van der Waals surface area contributed by atoms with Gasteiger partial charge in [-0.15, -0.1) is 0 Å². The molecule has 9 rings (SSSR count). The van der Waals surface area contributed by atoms with Crippen LogP contribution in [0.2, 0.25) is 0 Å². The molecule has 0 heterocycles. The summed E-state index contributed by atoms with van der Waals surface area (Å²) in [7, 11) is 0. The lowest BCUT2D eigenvalue weighted by Crippen LogP contribution is -2.46. The fourth-order valence-corrected chi connectivity index (χ4v) is 12.8. The summed E-state index contributed by atoms with van der Waals surface area (Å²) in [6.45, 7) is 30.9. The van der Waals surface area contributed by atoms with Gasteiger partial charge in [-0.25, -0.2) is 9.59 Å². The number of anilines is 6. The average Bonchev–Trinajstić information content (AvgIpc) is 3.41. The molecule has 77 heavy (non-hydrogen) atoms. The van der Waals surface area contributed by atoms with Crippen molar-refractivity contribution in [2.75, 3.05) is 15.1 Å². The topological polar surface area (TPSA) is 71.1 Å². The first-order valence-corrected chi connectivity index (χ1v) is 27.8. The summed E-state index contributed by atoms with van der Waals surface area (Å²) in [5.74, 6) is 0.428. The van der Waals surface area contributed by atoms with E-state index in [-0.39, 0.29) is 36.2 Å². The maximum atomic E-state index is 13.2. The third-order valence-corrected chi connectivity index (χ3v) is 16.0. The van der Waals surface area contributed by atoms with Crippen molar-refractivity contribution in [3.05, 3.63) is 218 Å². The molecular formula is C70H78N3O4+. The van der Waals surface area contributed by atoms with Crippen LogP contribution < -0.4 is 15.1 Å². The lowest BCUT2D eigenvalue weighted by atomic mass is 9.82.